The van der Waals surface area contributed by atoms with Crippen LogP contribution < -0.4 is 5.56 Å². The minimum Gasteiger partial charge on any atom is -0.458 e. The maximum Gasteiger partial charge on any atom is 0.329 e. The zero-order valence-corrected chi connectivity index (χ0v) is 16.2. The number of nitrogens with zero attached hydrogens (tertiary/aromatic N) is 3. The Labute approximate surface area is 166 Å². The van der Waals surface area contributed by atoms with Gasteiger partial charge in [0, 0.05) is 11.8 Å². The first-order valence-corrected chi connectivity index (χ1v) is 9.55. The quantitative estimate of drug-likeness (QED) is 0.441. The van der Waals surface area contributed by atoms with Crippen LogP contribution in [0.3, 0.4) is 0 Å². The number of pyridine rings is 1. The Morgan fingerprint density at radius 3 is 2.48 bits per heavy atom. The number of fused-ring (bicyclic) bond motifs is 2. The first-order valence-electron chi connectivity index (χ1n) is 9.55. The van der Waals surface area contributed by atoms with E-state index in [0.717, 1.165) is 10.6 Å². The van der Waals surface area contributed by atoms with E-state index in [2.05, 4.69) is 4.98 Å². The van der Waals surface area contributed by atoms with Gasteiger partial charge in [-0.2, -0.15) is 0 Å². The van der Waals surface area contributed by atoms with Crippen molar-refractivity contribution in [3.63, 3.8) is 0 Å². The van der Waals surface area contributed by atoms with Gasteiger partial charge in [-0.25, -0.2) is 9.78 Å². The number of amides is 2. The van der Waals surface area contributed by atoms with Crippen molar-refractivity contribution >= 4 is 23.4 Å². The van der Waals surface area contributed by atoms with Gasteiger partial charge < -0.3 is 4.74 Å². The van der Waals surface area contributed by atoms with Gasteiger partial charge in [-0.1, -0.05) is 18.2 Å². The molecule has 2 aliphatic rings. The van der Waals surface area contributed by atoms with Gasteiger partial charge in [0.1, 0.15) is 18.3 Å². The lowest BCUT2D eigenvalue weighted by Crippen LogP contribution is -2.44. The number of esters is 1. The lowest BCUT2D eigenvalue weighted by Gasteiger charge is -2.21. The highest BCUT2D eigenvalue weighted by Crippen LogP contribution is 2.36. The van der Waals surface area contributed by atoms with Crippen molar-refractivity contribution in [3.05, 3.63) is 58.2 Å². The molecule has 0 radical (unpaired) electrons. The van der Waals surface area contributed by atoms with Gasteiger partial charge in [-0.05, 0) is 38.8 Å². The number of carbonyl (C=O) groups is 3. The predicted molar refractivity (Wildman–Crippen MR) is 103 cm³/mol. The number of imide groups is 1. The minimum absolute atomic E-state index is 0.215. The van der Waals surface area contributed by atoms with Gasteiger partial charge in [-0.15, -0.1) is 0 Å². The van der Waals surface area contributed by atoms with Crippen LogP contribution in [-0.4, -0.2) is 38.1 Å². The second-order valence-electron chi connectivity index (χ2n) is 7.43. The first kappa shape index (κ1) is 19.0. The average Bonchev–Trinajstić information content (AvgIpc) is 2.96. The highest BCUT2D eigenvalue weighted by Gasteiger charge is 2.50. The van der Waals surface area contributed by atoms with E-state index in [1.807, 2.05) is 12.2 Å². The molecule has 29 heavy (non-hydrogen) atoms. The Hall–Kier alpha value is -3.29. The van der Waals surface area contributed by atoms with Crippen LogP contribution in [0.4, 0.5) is 0 Å². The maximum atomic E-state index is 12.6. The van der Waals surface area contributed by atoms with Crippen molar-refractivity contribution in [1.29, 1.82) is 0 Å². The second-order valence-corrected chi connectivity index (χ2v) is 7.43. The van der Waals surface area contributed by atoms with E-state index in [1.54, 1.807) is 25.1 Å². The number of hydrogen-bond acceptors (Lipinski definition) is 6. The monoisotopic (exact) mass is 395 g/mol. The van der Waals surface area contributed by atoms with E-state index in [9.17, 15) is 19.2 Å². The maximum absolute atomic E-state index is 12.6. The Bertz CT molecular complexity index is 1080. The third kappa shape index (κ3) is 3.24. The van der Waals surface area contributed by atoms with Crippen molar-refractivity contribution in [2.24, 2.45) is 11.8 Å². The third-order valence-corrected chi connectivity index (χ3v) is 5.57. The van der Waals surface area contributed by atoms with Crippen LogP contribution in [0.15, 0.2) is 41.2 Å². The molecule has 8 heteroatoms. The molecule has 0 aromatic carbocycles. The van der Waals surface area contributed by atoms with Crippen molar-refractivity contribution in [2.45, 2.75) is 39.3 Å². The molecule has 8 nitrogen and oxygen atoms in total. The molecule has 1 aliphatic heterocycles. The fourth-order valence-corrected chi connectivity index (χ4v) is 4.02. The largest absolute Gasteiger partial charge is 0.458 e. The molecule has 1 fully saturated rings. The molecule has 1 saturated heterocycles. The first-order chi connectivity index (χ1) is 13.9. The Kier molecular flexibility index (Phi) is 4.77. The number of likely N-dealkylation sites (tertiary alicyclic amines) is 1. The zero-order valence-electron chi connectivity index (χ0n) is 16.2. The Morgan fingerprint density at radius 1 is 1.17 bits per heavy atom. The molecular weight excluding hydrogens is 374 g/mol. The molecule has 3 atom stereocenters. The molecular formula is C21H21N3O5. The molecule has 0 saturated carbocycles. The summed E-state index contributed by atoms with van der Waals surface area (Å²) in [6, 6.07) is 5.57. The number of allylic oxidation sites excluding steroid dienone is 2. The summed E-state index contributed by atoms with van der Waals surface area (Å²) in [7, 11) is 0. The molecule has 2 amide bonds. The van der Waals surface area contributed by atoms with E-state index in [1.165, 1.54) is 17.4 Å². The van der Waals surface area contributed by atoms with Crippen molar-refractivity contribution < 1.29 is 19.1 Å². The SMILES string of the molecule is Cc1cccc2nc(COC(=O)[C@H](C)N3C(=O)[C@H]4CC=CC[C@@H]4C3=O)cc(=O)n12. The summed E-state index contributed by atoms with van der Waals surface area (Å²) in [6.07, 6.45) is 4.81. The van der Waals surface area contributed by atoms with Crippen LogP contribution >= 0.6 is 0 Å². The summed E-state index contributed by atoms with van der Waals surface area (Å²) in [5.74, 6) is -2.15. The van der Waals surface area contributed by atoms with E-state index in [-0.39, 0.29) is 24.0 Å². The zero-order chi connectivity index (χ0) is 20.7. The summed E-state index contributed by atoms with van der Waals surface area (Å²) < 4.78 is 6.74. The number of rotatable bonds is 4. The average molecular weight is 395 g/mol. The summed E-state index contributed by atoms with van der Waals surface area (Å²) >= 11 is 0. The number of carbonyl (C=O) groups excluding carboxylic acids is 3. The lowest BCUT2D eigenvalue weighted by atomic mass is 9.85. The highest BCUT2D eigenvalue weighted by molar-refractivity contribution is 6.08. The Morgan fingerprint density at radius 2 is 1.83 bits per heavy atom. The summed E-state index contributed by atoms with van der Waals surface area (Å²) in [5, 5.41) is 0. The van der Waals surface area contributed by atoms with E-state index >= 15 is 0 Å². The summed E-state index contributed by atoms with van der Waals surface area (Å²) in [5.41, 5.74) is 1.24. The van der Waals surface area contributed by atoms with Gasteiger partial charge in [-0.3, -0.25) is 23.7 Å². The molecule has 0 unspecified atom stereocenters. The van der Waals surface area contributed by atoms with Crippen LogP contribution in [0.2, 0.25) is 0 Å². The number of hydrogen-bond donors (Lipinski definition) is 0. The molecule has 2 aromatic heterocycles. The molecule has 150 valence electrons. The van der Waals surface area contributed by atoms with E-state index < -0.39 is 23.8 Å². The minimum atomic E-state index is -1.02. The van der Waals surface area contributed by atoms with Gasteiger partial charge in [0.05, 0.1) is 17.5 Å². The number of ether oxygens (including phenoxy) is 1. The van der Waals surface area contributed by atoms with Crippen LogP contribution in [0.25, 0.3) is 5.65 Å². The van der Waals surface area contributed by atoms with Gasteiger partial charge in [0.2, 0.25) is 11.8 Å². The standard InChI is InChI=1S/C21H21N3O5/c1-12-6-5-9-17-22-14(10-18(25)23(12)17)11-29-21(28)13(2)24-19(26)15-7-3-4-8-16(15)20(24)27/h3-6,9-10,13,15-16H,7-8,11H2,1-2H3/t13-,15-,16-/m0/s1. The smallest absolute Gasteiger partial charge is 0.329 e. The van der Waals surface area contributed by atoms with Gasteiger partial charge in [0.15, 0.2) is 0 Å². The third-order valence-electron chi connectivity index (χ3n) is 5.57. The Balaban J connectivity index is 1.47. The van der Waals surface area contributed by atoms with Gasteiger partial charge in [0.25, 0.3) is 5.56 Å². The van der Waals surface area contributed by atoms with Crippen molar-refractivity contribution in [2.75, 3.05) is 0 Å². The molecule has 0 bridgehead atoms. The molecule has 0 N–H and O–H groups in total. The topological polar surface area (TPSA) is 98.0 Å². The molecule has 0 spiro atoms. The van der Waals surface area contributed by atoms with Crippen LogP contribution in [-0.2, 0) is 25.7 Å². The molecule has 1 aliphatic carbocycles. The predicted octanol–water partition coefficient (Wildman–Crippen LogP) is 1.39. The van der Waals surface area contributed by atoms with Crippen molar-refractivity contribution in [3.8, 4) is 0 Å². The lowest BCUT2D eigenvalue weighted by molar-refractivity contribution is -0.159. The second kappa shape index (κ2) is 7.27. The fourth-order valence-electron chi connectivity index (χ4n) is 4.02. The highest BCUT2D eigenvalue weighted by atomic mass is 16.5. The number of aryl methyl sites for hydroxylation is 1. The normalized spacial score (nSPS) is 22.1. The fraction of sp³-hybridized carbons (Fsp3) is 0.381. The summed E-state index contributed by atoms with van der Waals surface area (Å²) in [6.45, 7) is 3.07. The molecule has 3 heterocycles. The van der Waals surface area contributed by atoms with Crippen molar-refractivity contribution in [1.82, 2.24) is 14.3 Å². The molecule has 2 aromatic rings. The summed E-state index contributed by atoms with van der Waals surface area (Å²) in [4.78, 5) is 55.4. The molecule has 4 rings (SSSR count). The van der Waals surface area contributed by atoms with Crippen LogP contribution in [0.5, 0.6) is 0 Å². The number of aromatic nitrogens is 2. The van der Waals surface area contributed by atoms with Crippen LogP contribution in [0.1, 0.15) is 31.2 Å². The van der Waals surface area contributed by atoms with E-state index in [0.29, 0.717) is 24.2 Å². The van der Waals surface area contributed by atoms with Gasteiger partial charge >= 0.3 is 5.97 Å². The van der Waals surface area contributed by atoms with Crippen LogP contribution in [0, 0.1) is 18.8 Å². The van der Waals surface area contributed by atoms with E-state index in [4.69, 9.17) is 4.74 Å².